The third kappa shape index (κ3) is 3.66. The van der Waals surface area contributed by atoms with Crippen molar-refractivity contribution in [3.8, 4) is 23.0 Å². The van der Waals surface area contributed by atoms with Crippen LogP contribution in [0.2, 0.25) is 0 Å². The highest BCUT2D eigenvalue weighted by molar-refractivity contribution is 5.87. The van der Waals surface area contributed by atoms with Crippen molar-refractivity contribution in [2.45, 2.75) is 20.3 Å². The number of aryl methyl sites for hydroxylation is 1. The van der Waals surface area contributed by atoms with E-state index in [1.54, 1.807) is 12.1 Å². The summed E-state index contributed by atoms with van der Waals surface area (Å²) in [4.78, 5) is 20.1. The van der Waals surface area contributed by atoms with Crippen molar-refractivity contribution < 1.29 is 14.6 Å². The molecule has 0 spiro atoms. The monoisotopic (exact) mass is 334 g/mol. The summed E-state index contributed by atoms with van der Waals surface area (Å²) < 4.78 is 5.93. The molecular weight excluding hydrogens is 316 g/mol. The van der Waals surface area contributed by atoms with Gasteiger partial charge in [-0.1, -0.05) is 37.3 Å². The summed E-state index contributed by atoms with van der Waals surface area (Å²) in [5, 5.41) is 8.99. The fraction of sp³-hybridized carbons (Fsp3) is 0.150. The molecule has 0 aliphatic carbocycles. The lowest BCUT2D eigenvalue weighted by Gasteiger charge is -2.13. The van der Waals surface area contributed by atoms with Crippen LogP contribution in [0.5, 0.6) is 11.6 Å². The number of aromatic carboxylic acids is 1. The highest BCUT2D eigenvalue weighted by atomic mass is 16.5. The van der Waals surface area contributed by atoms with Crippen molar-refractivity contribution in [1.82, 2.24) is 9.97 Å². The number of hydrogen-bond donors (Lipinski definition) is 1. The molecule has 0 fully saturated rings. The van der Waals surface area contributed by atoms with Gasteiger partial charge in [-0.2, -0.15) is 4.98 Å². The maximum Gasteiger partial charge on any atom is 0.335 e. The van der Waals surface area contributed by atoms with Gasteiger partial charge >= 0.3 is 5.97 Å². The lowest BCUT2D eigenvalue weighted by molar-refractivity contribution is 0.0697. The standard InChI is InChI=1S/C20H18N2O3/c1-3-17-13(2)21-18(14-7-5-4-6-8-14)22-19(17)25-16-11-9-15(10-12-16)20(23)24/h4-12H,3H2,1-2H3,(H,23,24). The Morgan fingerprint density at radius 2 is 1.72 bits per heavy atom. The van der Waals surface area contributed by atoms with Crippen LogP contribution in [-0.2, 0) is 6.42 Å². The van der Waals surface area contributed by atoms with Crippen molar-refractivity contribution in [2.75, 3.05) is 0 Å². The number of carbonyl (C=O) groups is 1. The Hall–Kier alpha value is -3.21. The number of nitrogens with zero attached hydrogens (tertiary/aromatic N) is 2. The van der Waals surface area contributed by atoms with E-state index in [9.17, 15) is 4.79 Å². The molecule has 1 heterocycles. The van der Waals surface area contributed by atoms with Gasteiger partial charge in [-0.25, -0.2) is 9.78 Å². The quantitative estimate of drug-likeness (QED) is 0.743. The zero-order valence-corrected chi connectivity index (χ0v) is 14.1. The van der Waals surface area contributed by atoms with Crippen LogP contribution < -0.4 is 4.74 Å². The van der Waals surface area contributed by atoms with E-state index in [2.05, 4.69) is 9.97 Å². The molecule has 1 N–H and O–H groups in total. The van der Waals surface area contributed by atoms with E-state index < -0.39 is 5.97 Å². The number of hydrogen-bond acceptors (Lipinski definition) is 4. The summed E-state index contributed by atoms with van der Waals surface area (Å²) >= 11 is 0. The summed E-state index contributed by atoms with van der Waals surface area (Å²) in [7, 11) is 0. The Kier molecular flexibility index (Phi) is 4.75. The Bertz CT molecular complexity index is 891. The minimum Gasteiger partial charge on any atom is -0.478 e. The third-order valence-electron chi connectivity index (χ3n) is 3.88. The fourth-order valence-electron chi connectivity index (χ4n) is 2.55. The molecule has 0 saturated carbocycles. The zero-order valence-electron chi connectivity index (χ0n) is 14.1. The molecule has 0 radical (unpaired) electrons. The van der Waals surface area contributed by atoms with Crippen LogP contribution in [0, 0.1) is 6.92 Å². The van der Waals surface area contributed by atoms with Gasteiger partial charge in [0.05, 0.1) is 5.56 Å². The topological polar surface area (TPSA) is 72.3 Å². The van der Waals surface area contributed by atoms with Gasteiger partial charge in [-0.15, -0.1) is 0 Å². The second kappa shape index (κ2) is 7.13. The van der Waals surface area contributed by atoms with Gasteiger partial charge in [-0.05, 0) is 37.6 Å². The van der Waals surface area contributed by atoms with Gasteiger partial charge in [0.2, 0.25) is 5.88 Å². The van der Waals surface area contributed by atoms with Crippen LogP contribution >= 0.6 is 0 Å². The highest BCUT2D eigenvalue weighted by Gasteiger charge is 2.14. The van der Waals surface area contributed by atoms with Gasteiger partial charge in [0.25, 0.3) is 0 Å². The van der Waals surface area contributed by atoms with E-state index in [1.165, 1.54) is 12.1 Å². The number of carboxylic acids is 1. The Labute approximate surface area is 146 Å². The molecule has 5 heteroatoms. The first-order valence-corrected chi connectivity index (χ1v) is 8.02. The Morgan fingerprint density at radius 3 is 2.32 bits per heavy atom. The summed E-state index contributed by atoms with van der Waals surface area (Å²) in [6, 6.07) is 16.0. The van der Waals surface area contributed by atoms with Crippen molar-refractivity contribution >= 4 is 5.97 Å². The van der Waals surface area contributed by atoms with E-state index in [0.717, 1.165) is 23.2 Å². The molecule has 5 nitrogen and oxygen atoms in total. The maximum absolute atomic E-state index is 11.0. The zero-order chi connectivity index (χ0) is 17.8. The lowest BCUT2D eigenvalue weighted by atomic mass is 10.1. The second-order valence-electron chi connectivity index (χ2n) is 5.57. The number of carboxylic acid groups (broad SMARTS) is 1. The molecule has 0 aliphatic rings. The highest BCUT2D eigenvalue weighted by Crippen LogP contribution is 2.28. The molecule has 126 valence electrons. The molecule has 0 amide bonds. The molecule has 1 aromatic heterocycles. The summed E-state index contributed by atoms with van der Waals surface area (Å²) in [6.45, 7) is 3.96. The molecule has 0 unspecified atom stereocenters. The first-order valence-electron chi connectivity index (χ1n) is 8.02. The van der Waals surface area contributed by atoms with Crippen molar-refractivity contribution in [2.24, 2.45) is 0 Å². The largest absolute Gasteiger partial charge is 0.478 e. The van der Waals surface area contributed by atoms with Gasteiger partial charge in [-0.3, -0.25) is 0 Å². The Balaban J connectivity index is 1.99. The second-order valence-corrected chi connectivity index (χ2v) is 5.57. The molecule has 3 aromatic rings. The van der Waals surface area contributed by atoms with Crippen LogP contribution in [0.25, 0.3) is 11.4 Å². The van der Waals surface area contributed by atoms with Crippen LogP contribution in [0.4, 0.5) is 0 Å². The van der Waals surface area contributed by atoms with Gasteiger partial charge in [0, 0.05) is 16.8 Å². The lowest BCUT2D eigenvalue weighted by Crippen LogP contribution is -2.03. The van der Waals surface area contributed by atoms with Gasteiger partial charge in [0.15, 0.2) is 5.82 Å². The number of aromatic nitrogens is 2. The predicted molar refractivity (Wildman–Crippen MR) is 95.1 cm³/mol. The first kappa shape index (κ1) is 16.6. The van der Waals surface area contributed by atoms with Crippen molar-refractivity contribution in [3.05, 3.63) is 71.4 Å². The average molecular weight is 334 g/mol. The first-order chi connectivity index (χ1) is 12.1. The van der Waals surface area contributed by atoms with Crippen LogP contribution in [0.1, 0.15) is 28.5 Å². The number of benzene rings is 2. The van der Waals surface area contributed by atoms with E-state index in [0.29, 0.717) is 17.5 Å². The smallest absolute Gasteiger partial charge is 0.335 e. The van der Waals surface area contributed by atoms with Crippen LogP contribution in [0.3, 0.4) is 0 Å². The van der Waals surface area contributed by atoms with Gasteiger partial charge in [0.1, 0.15) is 5.75 Å². The molecule has 25 heavy (non-hydrogen) atoms. The van der Waals surface area contributed by atoms with E-state index in [1.807, 2.05) is 44.2 Å². The minimum atomic E-state index is -0.968. The molecule has 0 bridgehead atoms. The summed E-state index contributed by atoms with van der Waals surface area (Å²) in [5.74, 6) is 0.672. The SMILES string of the molecule is CCc1c(C)nc(-c2ccccc2)nc1Oc1ccc(C(=O)O)cc1. The molecular formula is C20H18N2O3. The molecule has 2 aromatic carbocycles. The van der Waals surface area contributed by atoms with Crippen LogP contribution in [-0.4, -0.2) is 21.0 Å². The fourth-order valence-corrected chi connectivity index (χ4v) is 2.55. The average Bonchev–Trinajstić information content (AvgIpc) is 2.62. The molecule has 0 aliphatic heterocycles. The van der Waals surface area contributed by atoms with Crippen LogP contribution in [0.15, 0.2) is 54.6 Å². The summed E-state index contributed by atoms with van der Waals surface area (Å²) in [6.07, 6.45) is 0.740. The normalized spacial score (nSPS) is 10.5. The number of ether oxygens (including phenoxy) is 1. The number of rotatable bonds is 5. The van der Waals surface area contributed by atoms with E-state index in [4.69, 9.17) is 9.84 Å². The minimum absolute atomic E-state index is 0.215. The molecule has 3 rings (SSSR count). The molecule has 0 saturated heterocycles. The Morgan fingerprint density at radius 1 is 1.04 bits per heavy atom. The van der Waals surface area contributed by atoms with Crippen molar-refractivity contribution in [3.63, 3.8) is 0 Å². The predicted octanol–water partition coefficient (Wildman–Crippen LogP) is 4.50. The van der Waals surface area contributed by atoms with E-state index >= 15 is 0 Å². The molecule has 0 atom stereocenters. The third-order valence-corrected chi connectivity index (χ3v) is 3.88. The van der Waals surface area contributed by atoms with Crippen molar-refractivity contribution in [1.29, 1.82) is 0 Å². The maximum atomic E-state index is 11.0. The summed E-state index contributed by atoms with van der Waals surface area (Å²) in [5.41, 5.74) is 2.93. The van der Waals surface area contributed by atoms with Gasteiger partial charge < -0.3 is 9.84 Å². The van der Waals surface area contributed by atoms with E-state index in [-0.39, 0.29) is 5.56 Å².